The second-order valence-electron chi connectivity index (χ2n) is 5.25. The van der Waals surface area contributed by atoms with Crippen LogP contribution in [0.2, 0.25) is 0 Å². The Labute approximate surface area is 122 Å². The van der Waals surface area contributed by atoms with Crippen molar-refractivity contribution in [3.05, 3.63) is 17.9 Å². The molecule has 0 saturated heterocycles. The highest BCUT2D eigenvalue weighted by molar-refractivity contribution is 7.90. The molecule has 1 heterocycles. The summed E-state index contributed by atoms with van der Waals surface area (Å²) in [5, 5.41) is 11.4. The number of amides is 1. The summed E-state index contributed by atoms with van der Waals surface area (Å²) >= 11 is 0. The minimum atomic E-state index is -3.48. The van der Waals surface area contributed by atoms with Crippen LogP contribution in [0.1, 0.15) is 36.2 Å². The molecule has 116 valence electrons. The summed E-state index contributed by atoms with van der Waals surface area (Å²) in [5.74, 6) is -1.69. The monoisotopic (exact) mass is 315 g/mol. The van der Waals surface area contributed by atoms with E-state index in [1.165, 1.54) is 12.1 Å². The van der Waals surface area contributed by atoms with Crippen LogP contribution in [0.3, 0.4) is 0 Å². The second kappa shape index (κ2) is 5.88. The van der Waals surface area contributed by atoms with E-state index in [4.69, 9.17) is 9.52 Å². The van der Waals surface area contributed by atoms with Gasteiger partial charge in [0.2, 0.25) is 14.9 Å². The molecule has 1 aliphatic carbocycles. The van der Waals surface area contributed by atoms with Crippen LogP contribution in [0.4, 0.5) is 0 Å². The predicted octanol–water partition coefficient (Wildman–Crippen LogP) is 1.06. The van der Waals surface area contributed by atoms with Gasteiger partial charge in [0.05, 0.1) is 5.92 Å². The molecule has 21 heavy (non-hydrogen) atoms. The lowest BCUT2D eigenvalue weighted by Crippen LogP contribution is -2.38. The molecule has 0 aliphatic heterocycles. The Morgan fingerprint density at radius 3 is 2.33 bits per heavy atom. The van der Waals surface area contributed by atoms with Crippen molar-refractivity contribution < 1.29 is 27.5 Å². The lowest BCUT2D eigenvalue weighted by molar-refractivity contribution is -0.142. The van der Waals surface area contributed by atoms with Crippen molar-refractivity contribution in [2.75, 3.05) is 6.26 Å². The fourth-order valence-corrected chi connectivity index (χ4v) is 2.94. The van der Waals surface area contributed by atoms with Gasteiger partial charge in [-0.2, -0.15) is 0 Å². The van der Waals surface area contributed by atoms with E-state index in [2.05, 4.69) is 5.32 Å². The fourth-order valence-electron chi connectivity index (χ4n) is 2.38. The van der Waals surface area contributed by atoms with Crippen LogP contribution in [-0.2, 0) is 14.6 Å². The first kappa shape index (κ1) is 15.6. The molecule has 1 saturated carbocycles. The smallest absolute Gasteiger partial charge is 0.306 e. The van der Waals surface area contributed by atoms with Gasteiger partial charge in [-0.25, -0.2) is 8.42 Å². The number of carboxylic acids is 1. The molecule has 1 fully saturated rings. The van der Waals surface area contributed by atoms with Crippen LogP contribution < -0.4 is 5.32 Å². The van der Waals surface area contributed by atoms with Crippen molar-refractivity contribution in [2.45, 2.75) is 36.8 Å². The molecule has 0 aromatic carbocycles. The number of nitrogens with one attached hydrogen (secondary N) is 1. The Bertz CT molecular complexity index is 639. The topological polar surface area (TPSA) is 114 Å². The Kier molecular flexibility index (Phi) is 4.36. The molecule has 0 spiro atoms. The maximum atomic E-state index is 12.0. The van der Waals surface area contributed by atoms with E-state index in [1.54, 1.807) is 0 Å². The third-order valence-corrected chi connectivity index (χ3v) is 4.53. The quantitative estimate of drug-likeness (QED) is 0.858. The molecule has 1 amide bonds. The van der Waals surface area contributed by atoms with Crippen LogP contribution in [0.25, 0.3) is 0 Å². The number of hydrogen-bond donors (Lipinski definition) is 2. The number of furan rings is 1. The third kappa shape index (κ3) is 3.84. The standard InChI is InChI=1S/C13H17NO6S/c1-21(18,19)11-7-6-10(20-11)12(15)14-9-4-2-8(3-5-9)13(16)17/h6-9H,2-5H2,1H3,(H,14,15)(H,16,17). The SMILES string of the molecule is CS(=O)(=O)c1ccc(C(=O)NC2CCC(C(=O)O)CC2)o1. The fraction of sp³-hybridized carbons (Fsp3) is 0.538. The predicted molar refractivity (Wildman–Crippen MR) is 72.7 cm³/mol. The maximum Gasteiger partial charge on any atom is 0.306 e. The van der Waals surface area contributed by atoms with Gasteiger partial charge in [0.25, 0.3) is 5.91 Å². The van der Waals surface area contributed by atoms with Gasteiger partial charge in [-0.3, -0.25) is 9.59 Å². The first-order valence-electron chi connectivity index (χ1n) is 6.61. The number of carbonyl (C=O) groups is 2. The maximum absolute atomic E-state index is 12.0. The molecule has 2 N–H and O–H groups in total. The molecule has 1 aliphatic rings. The van der Waals surface area contributed by atoms with Gasteiger partial charge >= 0.3 is 5.97 Å². The lowest BCUT2D eigenvalue weighted by Gasteiger charge is -2.26. The minimum absolute atomic E-state index is 0.0595. The first-order chi connectivity index (χ1) is 9.77. The van der Waals surface area contributed by atoms with E-state index < -0.39 is 21.7 Å². The number of carboxylic acid groups (broad SMARTS) is 1. The first-order valence-corrected chi connectivity index (χ1v) is 8.50. The molecule has 0 atom stereocenters. The molecule has 1 aromatic rings. The average molecular weight is 315 g/mol. The summed E-state index contributed by atoms with van der Waals surface area (Å²) in [6.07, 6.45) is 3.21. The third-order valence-electron chi connectivity index (χ3n) is 3.58. The largest absolute Gasteiger partial charge is 0.481 e. The van der Waals surface area contributed by atoms with Gasteiger partial charge in [-0.1, -0.05) is 0 Å². The normalized spacial score (nSPS) is 22.7. The van der Waals surface area contributed by atoms with Crippen LogP contribution in [0.15, 0.2) is 21.6 Å². The highest BCUT2D eigenvalue weighted by Gasteiger charge is 2.27. The van der Waals surface area contributed by atoms with Gasteiger partial charge in [0, 0.05) is 12.3 Å². The van der Waals surface area contributed by atoms with Crippen LogP contribution >= 0.6 is 0 Å². The van der Waals surface area contributed by atoms with Crippen molar-refractivity contribution in [3.8, 4) is 0 Å². The molecule has 7 nitrogen and oxygen atoms in total. The Hall–Kier alpha value is -1.83. The van der Waals surface area contributed by atoms with E-state index >= 15 is 0 Å². The van der Waals surface area contributed by atoms with E-state index in [1.807, 2.05) is 0 Å². The Balaban J connectivity index is 1.94. The summed E-state index contributed by atoms with van der Waals surface area (Å²) in [4.78, 5) is 22.8. The van der Waals surface area contributed by atoms with Crippen molar-refractivity contribution in [1.82, 2.24) is 5.32 Å². The molecule has 0 radical (unpaired) electrons. The summed E-state index contributed by atoms with van der Waals surface area (Å²) in [6.45, 7) is 0. The van der Waals surface area contributed by atoms with Gasteiger partial charge in [-0.05, 0) is 37.8 Å². The lowest BCUT2D eigenvalue weighted by atomic mass is 9.86. The molecule has 8 heteroatoms. The Morgan fingerprint density at radius 1 is 1.24 bits per heavy atom. The highest BCUT2D eigenvalue weighted by Crippen LogP contribution is 2.24. The van der Waals surface area contributed by atoms with Crippen molar-refractivity contribution in [3.63, 3.8) is 0 Å². The number of carbonyl (C=O) groups excluding carboxylic acids is 1. The second-order valence-corrected chi connectivity index (χ2v) is 7.20. The number of hydrogen-bond acceptors (Lipinski definition) is 5. The van der Waals surface area contributed by atoms with Crippen LogP contribution in [0.5, 0.6) is 0 Å². The summed E-state index contributed by atoms with van der Waals surface area (Å²) < 4.78 is 27.6. The van der Waals surface area contributed by atoms with Gasteiger partial charge in [0.1, 0.15) is 0 Å². The zero-order valence-corrected chi connectivity index (χ0v) is 12.4. The summed E-state index contributed by atoms with van der Waals surface area (Å²) in [7, 11) is -3.48. The minimum Gasteiger partial charge on any atom is -0.481 e. The van der Waals surface area contributed by atoms with E-state index in [9.17, 15) is 18.0 Å². The number of rotatable bonds is 4. The van der Waals surface area contributed by atoms with Gasteiger partial charge in [-0.15, -0.1) is 0 Å². The summed E-state index contributed by atoms with van der Waals surface area (Å²) in [5.41, 5.74) is 0. The molecule has 0 bridgehead atoms. The highest BCUT2D eigenvalue weighted by atomic mass is 32.2. The van der Waals surface area contributed by atoms with E-state index in [0.29, 0.717) is 25.7 Å². The molecular formula is C13H17NO6S. The summed E-state index contributed by atoms with van der Waals surface area (Å²) in [6, 6.07) is 2.44. The van der Waals surface area contributed by atoms with Gasteiger partial charge in [0.15, 0.2) is 5.76 Å². The van der Waals surface area contributed by atoms with Crippen LogP contribution in [-0.4, -0.2) is 37.7 Å². The Morgan fingerprint density at radius 2 is 1.86 bits per heavy atom. The van der Waals surface area contributed by atoms with Gasteiger partial charge < -0.3 is 14.8 Å². The molecule has 2 rings (SSSR count). The number of sulfone groups is 1. The molecular weight excluding hydrogens is 298 g/mol. The zero-order chi connectivity index (χ0) is 15.6. The molecule has 1 aromatic heterocycles. The van der Waals surface area contributed by atoms with E-state index in [-0.39, 0.29) is 22.8 Å². The molecule has 0 unspecified atom stereocenters. The van der Waals surface area contributed by atoms with Crippen LogP contribution in [0, 0.1) is 5.92 Å². The van der Waals surface area contributed by atoms with E-state index in [0.717, 1.165) is 6.26 Å². The number of aliphatic carboxylic acids is 1. The van der Waals surface area contributed by atoms with Crippen molar-refractivity contribution >= 4 is 21.7 Å². The average Bonchev–Trinajstić information content (AvgIpc) is 2.88. The zero-order valence-electron chi connectivity index (χ0n) is 11.5. The van der Waals surface area contributed by atoms with Crippen molar-refractivity contribution in [2.24, 2.45) is 5.92 Å². The van der Waals surface area contributed by atoms with Crippen molar-refractivity contribution in [1.29, 1.82) is 0 Å².